The first-order valence-electron chi connectivity index (χ1n) is 7.52. The minimum atomic E-state index is -0.428. The highest BCUT2D eigenvalue weighted by Gasteiger charge is 2.28. The molecule has 1 heterocycles. The molecule has 0 aliphatic carbocycles. The van der Waals surface area contributed by atoms with Crippen molar-refractivity contribution in [1.29, 1.82) is 0 Å². The average Bonchev–Trinajstić information content (AvgIpc) is 2.87. The fourth-order valence-corrected chi connectivity index (χ4v) is 2.51. The van der Waals surface area contributed by atoms with Crippen molar-refractivity contribution in [3.63, 3.8) is 0 Å². The molecule has 2 aromatic rings. The zero-order valence-corrected chi connectivity index (χ0v) is 12.8. The van der Waals surface area contributed by atoms with E-state index in [4.69, 9.17) is 0 Å². The molecule has 0 spiro atoms. The predicted molar refractivity (Wildman–Crippen MR) is 85.6 cm³/mol. The lowest BCUT2D eigenvalue weighted by atomic mass is 10.1. The molecule has 6 heteroatoms. The summed E-state index contributed by atoms with van der Waals surface area (Å²) in [6, 6.07) is 12.2. The van der Waals surface area contributed by atoms with Gasteiger partial charge < -0.3 is 5.32 Å². The minimum Gasteiger partial charge on any atom is -0.322 e. The second kappa shape index (κ2) is 6.62. The lowest BCUT2D eigenvalue weighted by Gasteiger charge is -2.14. The molecule has 1 fully saturated rings. The Balaban J connectivity index is 1.66. The molecule has 2 aromatic carbocycles. The second-order valence-electron chi connectivity index (χ2n) is 5.54. The summed E-state index contributed by atoms with van der Waals surface area (Å²) in [6.45, 7) is 0.212. The van der Waals surface area contributed by atoms with Crippen molar-refractivity contribution in [2.75, 3.05) is 5.32 Å². The highest BCUT2D eigenvalue weighted by atomic mass is 19.1. The number of anilines is 1. The Kier molecular flexibility index (Phi) is 4.37. The summed E-state index contributed by atoms with van der Waals surface area (Å²) in [4.78, 5) is 36.6. The van der Waals surface area contributed by atoms with Crippen LogP contribution in [0.2, 0.25) is 0 Å². The van der Waals surface area contributed by atoms with Crippen LogP contribution >= 0.6 is 0 Å². The third-order valence-corrected chi connectivity index (χ3v) is 3.79. The van der Waals surface area contributed by atoms with Crippen LogP contribution in [-0.2, 0) is 16.1 Å². The first-order valence-corrected chi connectivity index (χ1v) is 7.52. The maximum absolute atomic E-state index is 13.1. The van der Waals surface area contributed by atoms with E-state index >= 15 is 0 Å². The average molecular weight is 326 g/mol. The molecule has 1 N–H and O–H groups in total. The molecule has 5 nitrogen and oxygen atoms in total. The number of hydrogen-bond donors (Lipinski definition) is 1. The van der Waals surface area contributed by atoms with Crippen LogP contribution in [0, 0.1) is 5.82 Å². The summed E-state index contributed by atoms with van der Waals surface area (Å²) in [6.07, 6.45) is 0.514. The van der Waals surface area contributed by atoms with Crippen LogP contribution in [0.1, 0.15) is 28.8 Å². The van der Waals surface area contributed by atoms with E-state index in [2.05, 4.69) is 5.32 Å². The van der Waals surface area contributed by atoms with Gasteiger partial charge in [0.05, 0.1) is 6.54 Å². The van der Waals surface area contributed by atoms with Crippen molar-refractivity contribution in [3.8, 4) is 0 Å². The number of nitrogens with zero attached hydrogens (tertiary/aromatic N) is 1. The van der Waals surface area contributed by atoms with Gasteiger partial charge in [0.1, 0.15) is 5.82 Å². The van der Waals surface area contributed by atoms with Gasteiger partial charge in [-0.2, -0.15) is 0 Å². The van der Waals surface area contributed by atoms with Crippen LogP contribution in [0.5, 0.6) is 0 Å². The van der Waals surface area contributed by atoms with Crippen LogP contribution in [0.15, 0.2) is 48.5 Å². The lowest BCUT2D eigenvalue weighted by Crippen LogP contribution is -2.28. The van der Waals surface area contributed by atoms with Gasteiger partial charge in [-0.25, -0.2) is 4.39 Å². The molecule has 0 saturated carbocycles. The van der Waals surface area contributed by atoms with Crippen molar-refractivity contribution in [2.24, 2.45) is 0 Å². The maximum atomic E-state index is 13.1. The van der Waals surface area contributed by atoms with Crippen LogP contribution < -0.4 is 5.32 Å². The van der Waals surface area contributed by atoms with E-state index in [1.165, 1.54) is 23.1 Å². The van der Waals surface area contributed by atoms with Gasteiger partial charge in [-0.15, -0.1) is 0 Å². The normalized spacial score (nSPS) is 14.1. The summed E-state index contributed by atoms with van der Waals surface area (Å²) in [5.74, 6) is -1.13. The maximum Gasteiger partial charge on any atom is 0.255 e. The predicted octanol–water partition coefficient (Wildman–Crippen LogP) is 2.73. The van der Waals surface area contributed by atoms with Gasteiger partial charge in [0.2, 0.25) is 11.8 Å². The third kappa shape index (κ3) is 3.48. The van der Waals surface area contributed by atoms with Gasteiger partial charge in [0.15, 0.2) is 0 Å². The van der Waals surface area contributed by atoms with Gasteiger partial charge in [-0.3, -0.25) is 19.3 Å². The molecular weight excluding hydrogens is 311 g/mol. The van der Waals surface area contributed by atoms with Crippen molar-refractivity contribution in [2.45, 2.75) is 19.4 Å². The Labute approximate surface area is 138 Å². The van der Waals surface area contributed by atoms with Crippen LogP contribution in [-0.4, -0.2) is 22.6 Å². The van der Waals surface area contributed by atoms with E-state index in [-0.39, 0.29) is 37.1 Å². The van der Waals surface area contributed by atoms with E-state index in [1.807, 2.05) is 0 Å². The lowest BCUT2D eigenvalue weighted by molar-refractivity contribution is -0.139. The monoisotopic (exact) mass is 326 g/mol. The molecule has 0 bridgehead atoms. The zero-order chi connectivity index (χ0) is 17.1. The molecule has 0 atom stereocenters. The second-order valence-corrected chi connectivity index (χ2v) is 5.54. The summed E-state index contributed by atoms with van der Waals surface area (Å²) in [5, 5.41) is 2.61. The van der Waals surface area contributed by atoms with Crippen LogP contribution in [0.3, 0.4) is 0 Å². The summed E-state index contributed by atoms with van der Waals surface area (Å²) in [7, 11) is 0. The smallest absolute Gasteiger partial charge is 0.255 e. The molecular formula is C18H15FN2O3. The van der Waals surface area contributed by atoms with Gasteiger partial charge in [-0.05, 0) is 35.9 Å². The van der Waals surface area contributed by atoms with Gasteiger partial charge in [0, 0.05) is 24.1 Å². The number of carbonyl (C=O) groups excluding carboxylic acids is 3. The number of rotatable bonds is 4. The number of amides is 3. The van der Waals surface area contributed by atoms with Gasteiger partial charge in [-0.1, -0.05) is 18.2 Å². The topological polar surface area (TPSA) is 66.5 Å². The molecule has 122 valence electrons. The number of benzene rings is 2. The van der Waals surface area contributed by atoms with Crippen molar-refractivity contribution >= 4 is 23.4 Å². The molecule has 1 aliphatic rings. The SMILES string of the molecule is O=C(Nc1cccc(F)c1)c1ccc(CN2C(=O)CCC2=O)cc1. The Morgan fingerprint density at radius 3 is 2.33 bits per heavy atom. The number of likely N-dealkylation sites (tertiary alicyclic amines) is 1. The molecule has 0 unspecified atom stereocenters. The van der Waals surface area contributed by atoms with E-state index < -0.39 is 5.82 Å². The van der Waals surface area contributed by atoms with Crippen LogP contribution in [0.25, 0.3) is 0 Å². The minimum absolute atomic E-state index is 0.173. The Bertz CT molecular complexity index is 786. The highest BCUT2D eigenvalue weighted by molar-refractivity contribution is 6.04. The zero-order valence-electron chi connectivity index (χ0n) is 12.8. The first kappa shape index (κ1) is 15.9. The molecule has 3 amide bonds. The van der Waals surface area contributed by atoms with E-state index in [9.17, 15) is 18.8 Å². The fraction of sp³-hybridized carbons (Fsp3) is 0.167. The summed E-state index contributed by atoms with van der Waals surface area (Å²) in [5.41, 5.74) is 1.54. The Hall–Kier alpha value is -3.02. The number of carbonyl (C=O) groups is 3. The third-order valence-electron chi connectivity index (χ3n) is 3.79. The fourth-order valence-electron chi connectivity index (χ4n) is 2.51. The number of hydrogen-bond acceptors (Lipinski definition) is 3. The Morgan fingerprint density at radius 2 is 1.71 bits per heavy atom. The molecule has 1 aliphatic heterocycles. The quantitative estimate of drug-likeness (QED) is 0.879. The van der Waals surface area contributed by atoms with Crippen molar-refractivity contribution in [3.05, 3.63) is 65.5 Å². The van der Waals surface area contributed by atoms with E-state index in [1.54, 1.807) is 30.3 Å². The van der Waals surface area contributed by atoms with Gasteiger partial charge in [0.25, 0.3) is 5.91 Å². The van der Waals surface area contributed by atoms with Crippen LogP contribution in [0.4, 0.5) is 10.1 Å². The Morgan fingerprint density at radius 1 is 1.04 bits per heavy atom. The molecule has 3 rings (SSSR count). The molecule has 0 radical (unpaired) electrons. The van der Waals surface area contributed by atoms with Crippen molar-refractivity contribution in [1.82, 2.24) is 4.90 Å². The van der Waals surface area contributed by atoms with Gasteiger partial charge >= 0.3 is 0 Å². The van der Waals surface area contributed by atoms with E-state index in [0.29, 0.717) is 11.3 Å². The first-order chi connectivity index (χ1) is 11.5. The molecule has 1 saturated heterocycles. The number of imide groups is 1. The largest absolute Gasteiger partial charge is 0.322 e. The molecule has 24 heavy (non-hydrogen) atoms. The number of halogens is 1. The van der Waals surface area contributed by atoms with Crippen molar-refractivity contribution < 1.29 is 18.8 Å². The summed E-state index contributed by atoms with van der Waals surface area (Å²) < 4.78 is 13.1. The van der Waals surface area contributed by atoms with E-state index in [0.717, 1.165) is 5.56 Å². The standard InChI is InChI=1S/C18H15FN2O3/c19-14-2-1-3-15(10-14)20-18(24)13-6-4-12(5-7-13)11-21-16(22)8-9-17(21)23/h1-7,10H,8-9,11H2,(H,20,24). The molecule has 0 aromatic heterocycles. The summed E-state index contributed by atoms with van der Waals surface area (Å²) >= 11 is 0. The number of nitrogens with one attached hydrogen (secondary N) is 1. The highest BCUT2D eigenvalue weighted by Crippen LogP contribution is 2.17.